The summed E-state index contributed by atoms with van der Waals surface area (Å²) in [5.41, 5.74) is 3.99. The second kappa shape index (κ2) is 8.35. The van der Waals surface area contributed by atoms with Crippen LogP contribution in [0.15, 0.2) is 77.9 Å². The summed E-state index contributed by atoms with van der Waals surface area (Å²) in [5, 5.41) is 2.96. The zero-order valence-electron chi connectivity index (χ0n) is 16.7. The van der Waals surface area contributed by atoms with E-state index in [0.29, 0.717) is 18.4 Å². The second-order valence-corrected chi connectivity index (χ2v) is 7.52. The van der Waals surface area contributed by atoms with Crippen molar-refractivity contribution in [3.8, 4) is 0 Å². The summed E-state index contributed by atoms with van der Waals surface area (Å²) in [6.07, 6.45) is 1.87. The Kier molecular flexibility index (Phi) is 5.47. The summed E-state index contributed by atoms with van der Waals surface area (Å²) < 4.78 is 7.70. The van der Waals surface area contributed by atoms with Crippen molar-refractivity contribution in [3.63, 3.8) is 0 Å². The standard InChI is InChI=1S/C24H25N3O2/c1-17(2)18-10-12-20(13-11-18)25-23(28)15-27-14-6-9-22(27)24-26-21(16-29-24)19-7-4-3-5-8-19/h3-14,17,21H,15-16H2,1-2H3,(H,25,28)/t21-/m0/s1. The highest BCUT2D eigenvalue weighted by atomic mass is 16.5. The molecular weight excluding hydrogens is 362 g/mol. The summed E-state index contributed by atoms with van der Waals surface area (Å²) in [4.78, 5) is 17.3. The number of ether oxygens (including phenoxy) is 1. The first kappa shape index (κ1) is 19.0. The molecule has 29 heavy (non-hydrogen) atoms. The lowest BCUT2D eigenvalue weighted by atomic mass is 10.0. The van der Waals surface area contributed by atoms with Gasteiger partial charge >= 0.3 is 0 Å². The predicted octanol–water partition coefficient (Wildman–Crippen LogP) is 4.77. The summed E-state index contributed by atoms with van der Waals surface area (Å²) in [6, 6.07) is 21.9. The van der Waals surface area contributed by atoms with E-state index in [9.17, 15) is 4.79 Å². The number of amides is 1. The summed E-state index contributed by atoms with van der Waals surface area (Å²) in [5.74, 6) is 0.963. The van der Waals surface area contributed by atoms with Gasteiger partial charge < -0.3 is 14.6 Å². The van der Waals surface area contributed by atoms with Gasteiger partial charge in [-0.1, -0.05) is 56.3 Å². The van der Waals surface area contributed by atoms with Crippen LogP contribution in [0.5, 0.6) is 0 Å². The average Bonchev–Trinajstić information content (AvgIpc) is 3.38. The van der Waals surface area contributed by atoms with Gasteiger partial charge in [0.1, 0.15) is 24.9 Å². The summed E-state index contributed by atoms with van der Waals surface area (Å²) in [7, 11) is 0. The molecule has 4 rings (SSSR count). The maximum Gasteiger partial charge on any atom is 0.244 e. The van der Waals surface area contributed by atoms with E-state index in [2.05, 4.69) is 31.3 Å². The highest BCUT2D eigenvalue weighted by molar-refractivity contribution is 5.95. The maximum atomic E-state index is 12.5. The van der Waals surface area contributed by atoms with Gasteiger partial charge in [-0.25, -0.2) is 4.99 Å². The fraction of sp³-hybridized carbons (Fsp3) is 0.250. The van der Waals surface area contributed by atoms with Gasteiger partial charge in [-0.05, 0) is 41.3 Å². The number of carbonyl (C=O) groups is 1. The molecule has 1 aliphatic rings. The minimum atomic E-state index is -0.0852. The maximum absolute atomic E-state index is 12.5. The quantitative estimate of drug-likeness (QED) is 0.662. The molecule has 1 aromatic heterocycles. The molecule has 2 heterocycles. The zero-order chi connectivity index (χ0) is 20.2. The van der Waals surface area contributed by atoms with Gasteiger partial charge in [-0.3, -0.25) is 4.79 Å². The normalized spacial score (nSPS) is 15.8. The fourth-order valence-electron chi connectivity index (χ4n) is 3.41. The minimum Gasteiger partial charge on any atom is -0.474 e. The van der Waals surface area contributed by atoms with Crippen molar-refractivity contribution in [2.24, 2.45) is 4.99 Å². The molecule has 0 saturated carbocycles. The molecule has 0 bridgehead atoms. The number of carbonyl (C=O) groups excluding carboxylic acids is 1. The predicted molar refractivity (Wildman–Crippen MR) is 115 cm³/mol. The molecule has 148 valence electrons. The van der Waals surface area contributed by atoms with E-state index in [-0.39, 0.29) is 18.5 Å². The monoisotopic (exact) mass is 387 g/mol. The van der Waals surface area contributed by atoms with Crippen LogP contribution in [0.1, 0.15) is 42.6 Å². The molecule has 0 radical (unpaired) electrons. The Balaban J connectivity index is 1.43. The van der Waals surface area contributed by atoms with E-state index in [1.54, 1.807) is 0 Å². The molecule has 1 amide bonds. The molecule has 1 aliphatic heterocycles. The van der Waals surface area contributed by atoms with E-state index in [1.165, 1.54) is 5.56 Å². The van der Waals surface area contributed by atoms with Crippen LogP contribution in [0.4, 0.5) is 5.69 Å². The van der Waals surface area contributed by atoms with Gasteiger partial charge in [-0.15, -0.1) is 0 Å². The van der Waals surface area contributed by atoms with Gasteiger partial charge in [0.15, 0.2) is 0 Å². The molecule has 2 aromatic carbocycles. The van der Waals surface area contributed by atoms with Crippen molar-refractivity contribution in [2.75, 3.05) is 11.9 Å². The van der Waals surface area contributed by atoms with E-state index in [1.807, 2.05) is 65.4 Å². The van der Waals surface area contributed by atoms with E-state index in [4.69, 9.17) is 9.73 Å². The molecule has 0 spiro atoms. The van der Waals surface area contributed by atoms with Crippen molar-refractivity contribution in [1.29, 1.82) is 0 Å². The van der Waals surface area contributed by atoms with Crippen LogP contribution < -0.4 is 5.32 Å². The third-order valence-electron chi connectivity index (χ3n) is 5.06. The highest BCUT2D eigenvalue weighted by Gasteiger charge is 2.23. The van der Waals surface area contributed by atoms with Crippen molar-refractivity contribution < 1.29 is 9.53 Å². The van der Waals surface area contributed by atoms with E-state index in [0.717, 1.165) is 16.9 Å². The number of aliphatic imine (C=N–C) groups is 1. The molecule has 0 unspecified atom stereocenters. The molecule has 3 aromatic rings. The third kappa shape index (κ3) is 4.40. The number of hydrogen-bond donors (Lipinski definition) is 1. The van der Waals surface area contributed by atoms with Crippen LogP contribution in [0.2, 0.25) is 0 Å². The first-order chi connectivity index (χ1) is 14.1. The van der Waals surface area contributed by atoms with Gasteiger partial charge in [0.25, 0.3) is 0 Å². The molecule has 0 fully saturated rings. The van der Waals surface area contributed by atoms with Gasteiger partial charge in [-0.2, -0.15) is 0 Å². The number of benzene rings is 2. The first-order valence-electron chi connectivity index (χ1n) is 9.91. The topological polar surface area (TPSA) is 55.6 Å². The van der Waals surface area contributed by atoms with Crippen LogP contribution in [0, 0.1) is 0 Å². The molecule has 1 atom stereocenters. The lowest BCUT2D eigenvalue weighted by Crippen LogP contribution is -2.21. The number of rotatable bonds is 6. The van der Waals surface area contributed by atoms with Crippen LogP contribution in [-0.2, 0) is 16.1 Å². The SMILES string of the molecule is CC(C)c1ccc(NC(=O)Cn2cccc2C2=N[C@H](c3ccccc3)CO2)cc1. The van der Waals surface area contributed by atoms with Crippen LogP contribution >= 0.6 is 0 Å². The van der Waals surface area contributed by atoms with Gasteiger partial charge in [0.05, 0.1) is 0 Å². The van der Waals surface area contributed by atoms with Gasteiger partial charge in [0.2, 0.25) is 11.8 Å². The Morgan fingerprint density at radius 3 is 2.59 bits per heavy atom. The smallest absolute Gasteiger partial charge is 0.244 e. The molecule has 0 saturated heterocycles. The minimum absolute atomic E-state index is 0.0113. The van der Waals surface area contributed by atoms with E-state index >= 15 is 0 Å². The second-order valence-electron chi connectivity index (χ2n) is 7.52. The lowest BCUT2D eigenvalue weighted by molar-refractivity contribution is -0.116. The largest absolute Gasteiger partial charge is 0.474 e. The van der Waals surface area contributed by atoms with Crippen LogP contribution in [0.3, 0.4) is 0 Å². The van der Waals surface area contributed by atoms with Gasteiger partial charge in [0, 0.05) is 11.9 Å². The fourth-order valence-corrected chi connectivity index (χ4v) is 3.41. The highest BCUT2D eigenvalue weighted by Crippen LogP contribution is 2.25. The number of hydrogen-bond acceptors (Lipinski definition) is 3. The molecule has 0 aliphatic carbocycles. The number of nitrogens with one attached hydrogen (secondary N) is 1. The Morgan fingerprint density at radius 1 is 1.10 bits per heavy atom. The Hall–Kier alpha value is -3.34. The zero-order valence-corrected chi connectivity index (χ0v) is 16.7. The number of anilines is 1. The van der Waals surface area contributed by atoms with Crippen molar-refractivity contribution in [3.05, 3.63) is 89.7 Å². The van der Waals surface area contributed by atoms with Crippen molar-refractivity contribution in [1.82, 2.24) is 4.57 Å². The lowest BCUT2D eigenvalue weighted by Gasteiger charge is -2.11. The van der Waals surface area contributed by atoms with Crippen molar-refractivity contribution in [2.45, 2.75) is 32.4 Å². The molecule has 5 heteroatoms. The molecule has 1 N–H and O–H groups in total. The third-order valence-corrected chi connectivity index (χ3v) is 5.06. The Bertz CT molecular complexity index is 1000. The van der Waals surface area contributed by atoms with Crippen LogP contribution in [0.25, 0.3) is 0 Å². The van der Waals surface area contributed by atoms with E-state index < -0.39 is 0 Å². The summed E-state index contributed by atoms with van der Waals surface area (Å²) in [6.45, 7) is 5.01. The van der Waals surface area contributed by atoms with Crippen molar-refractivity contribution >= 4 is 17.5 Å². The number of aromatic nitrogens is 1. The summed E-state index contributed by atoms with van der Waals surface area (Å²) >= 11 is 0. The first-order valence-corrected chi connectivity index (χ1v) is 9.91. The Labute approximate surface area is 171 Å². The average molecular weight is 387 g/mol. The Morgan fingerprint density at radius 2 is 1.86 bits per heavy atom. The molecule has 5 nitrogen and oxygen atoms in total. The number of nitrogens with zero attached hydrogens (tertiary/aromatic N) is 2. The molecular formula is C24H25N3O2. The van der Waals surface area contributed by atoms with Crippen LogP contribution in [-0.4, -0.2) is 23.0 Å².